The largest absolute Gasteiger partial charge is 0.356 e. The Morgan fingerprint density at radius 1 is 1.42 bits per heavy atom. The highest BCUT2D eigenvalue weighted by molar-refractivity contribution is 7.16. The van der Waals surface area contributed by atoms with Crippen molar-refractivity contribution in [2.75, 3.05) is 6.54 Å². The fourth-order valence-electron chi connectivity index (χ4n) is 3.45. The number of hydrogen-bond donors (Lipinski definition) is 1. The van der Waals surface area contributed by atoms with Gasteiger partial charge in [0.05, 0.1) is 11.9 Å². The number of carbonyl (C=O) groups is 1. The number of aromatic nitrogens is 3. The van der Waals surface area contributed by atoms with Crippen LogP contribution in [-0.4, -0.2) is 27.0 Å². The second kappa shape index (κ2) is 6.36. The van der Waals surface area contributed by atoms with Gasteiger partial charge in [-0.25, -0.2) is 9.50 Å². The molecule has 1 N–H and O–H groups in total. The maximum Gasteiger partial charge on any atom is 0.220 e. The first kappa shape index (κ1) is 15.3. The van der Waals surface area contributed by atoms with Crippen molar-refractivity contribution < 1.29 is 4.79 Å². The summed E-state index contributed by atoms with van der Waals surface area (Å²) in [5.41, 5.74) is 3.72. The SMILES string of the molecule is Cc1nn2cc(CCNC(=O)C[C@H]3CCc4ccccc43)nc2s1. The number of amides is 1. The van der Waals surface area contributed by atoms with Crippen molar-refractivity contribution in [1.29, 1.82) is 0 Å². The zero-order chi connectivity index (χ0) is 16.5. The molecular formula is C18H20N4OS. The van der Waals surface area contributed by atoms with Gasteiger partial charge in [-0.2, -0.15) is 5.10 Å². The van der Waals surface area contributed by atoms with Crippen LogP contribution < -0.4 is 5.32 Å². The van der Waals surface area contributed by atoms with Crippen LogP contribution in [0.2, 0.25) is 0 Å². The molecule has 124 valence electrons. The average molecular weight is 340 g/mol. The number of carbonyl (C=O) groups excluding carboxylic acids is 1. The van der Waals surface area contributed by atoms with Crippen LogP contribution in [0.1, 0.15) is 40.6 Å². The fourth-order valence-corrected chi connectivity index (χ4v) is 4.19. The lowest BCUT2D eigenvalue weighted by Gasteiger charge is -2.11. The standard InChI is InChI=1S/C18H20N4OS/c1-12-21-22-11-15(20-18(22)24-12)8-9-19-17(23)10-14-7-6-13-4-2-3-5-16(13)14/h2-5,11,14H,6-10H2,1H3,(H,19,23)/t14-/m1/s1. The van der Waals surface area contributed by atoms with Gasteiger partial charge in [-0.15, -0.1) is 0 Å². The zero-order valence-corrected chi connectivity index (χ0v) is 14.5. The lowest BCUT2D eigenvalue weighted by molar-refractivity contribution is -0.121. The predicted molar refractivity (Wildman–Crippen MR) is 94.4 cm³/mol. The van der Waals surface area contributed by atoms with E-state index < -0.39 is 0 Å². The van der Waals surface area contributed by atoms with Gasteiger partial charge in [-0.1, -0.05) is 35.6 Å². The fraction of sp³-hybridized carbons (Fsp3) is 0.389. The zero-order valence-electron chi connectivity index (χ0n) is 13.7. The van der Waals surface area contributed by atoms with Crippen LogP contribution in [0.15, 0.2) is 30.5 Å². The second-order valence-electron chi connectivity index (χ2n) is 6.32. The molecule has 5 nitrogen and oxygen atoms in total. The molecule has 0 bridgehead atoms. The van der Waals surface area contributed by atoms with Gasteiger partial charge in [0.15, 0.2) is 0 Å². The smallest absolute Gasteiger partial charge is 0.220 e. The third kappa shape index (κ3) is 3.06. The monoisotopic (exact) mass is 340 g/mol. The molecule has 3 aromatic rings. The number of rotatable bonds is 5. The Morgan fingerprint density at radius 3 is 3.17 bits per heavy atom. The van der Waals surface area contributed by atoms with Crippen LogP contribution in [0.5, 0.6) is 0 Å². The third-order valence-electron chi connectivity index (χ3n) is 4.59. The minimum atomic E-state index is 0.131. The van der Waals surface area contributed by atoms with Crippen molar-refractivity contribution >= 4 is 22.2 Å². The summed E-state index contributed by atoms with van der Waals surface area (Å²) in [6.07, 6.45) is 5.43. The summed E-state index contributed by atoms with van der Waals surface area (Å²) in [7, 11) is 0. The summed E-state index contributed by atoms with van der Waals surface area (Å²) < 4.78 is 1.81. The topological polar surface area (TPSA) is 59.3 Å². The van der Waals surface area contributed by atoms with Crippen molar-refractivity contribution in [3.63, 3.8) is 0 Å². The Labute approximate surface area is 144 Å². The first-order valence-electron chi connectivity index (χ1n) is 8.35. The lowest BCUT2D eigenvalue weighted by atomic mass is 9.97. The van der Waals surface area contributed by atoms with Crippen LogP contribution in [0.3, 0.4) is 0 Å². The van der Waals surface area contributed by atoms with E-state index in [1.54, 1.807) is 11.3 Å². The number of nitrogens with zero attached hydrogens (tertiary/aromatic N) is 3. The van der Waals surface area contributed by atoms with E-state index in [9.17, 15) is 4.79 Å². The molecule has 1 aromatic carbocycles. The first-order chi connectivity index (χ1) is 11.7. The molecule has 0 aliphatic heterocycles. The van der Waals surface area contributed by atoms with Crippen LogP contribution >= 0.6 is 11.3 Å². The molecule has 1 aliphatic carbocycles. The number of imidazole rings is 1. The van der Waals surface area contributed by atoms with Gasteiger partial charge < -0.3 is 5.32 Å². The lowest BCUT2D eigenvalue weighted by Crippen LogP contribution is -2.26. The Morgan fingerprint density at radius 2 is 2.29 bits per heavy atom. The Hall–Kier alpha value is -2.21. The van der Waals surface area contributed by atoms with Crippen molar-refractivity contribution in [3.05, 3.63) is 52.3 Å². The number of fused-ring (bicyclic) bond motifs is 2. The Balaban J connectivity index is 1.28. The molecule has 1 aliphatic rings. The van der Waals surface area contributed by atoms with Gasteiger partial charge in [0.2, 0.25) is 10.9 Å². The van der Waals surface area contributed by atoms with E-state index in [-0.39, 0.29) is 5.91 Å². The molecule has 4 rings (SSSR count). The number of hydrogen-bond acceptors (Lipinski definition) is 4. The molecule has 0 unspecified atom stereocenters. The quantitative estimate of drug-likeness (QED) is 0.777. The van der Waals surface area contributed by atoms with Gasteiger partial charge in [0, 0.05) is 19.4 Å². The van der Waals surface area contributed by atoms with E-state index in [0.29, 0.717) is 18.9 Å². The number of benzene rings is 1. The summed E-state index contributed by atoms with van der Waals surface area (Å²) >= 11 is 1.58. The molecule has 2 heterocycles. The van der Waals surface area contributed by atoms with Gasteiger partial charge in [0.25, 0.3) is 0 Å². The molecule has 1 atom stereocenters. The van der Waals surface area contributed by atoms with E-state index in [1.807, 2.05) is 17.6 Å². The van der Waals surface area contributed by atoms with E-state index >= 15 is 0 Å². The van der Waals surface area contributed by atoms with E-state index in [1.165, 1.54) is 11.1 Å². The summed E-state index contributed by atoms with van der Waals surface area (Å²) in [5.74, 6) is 0.498. The third-order valence-corrected chi connectivity index (χ3v) is 5.42. The van der Waals surface area contributed by atoms with Gasteiger partial charge in [0.1, 0.15) is 5.01 Å². The molecule has 24 heavy (non-hydrogen) atoms. The maximum absolute atomic E-state index is 12.2. The van der Waals surface area contributed by atoms with E-state index in [4.69, 9.17) is 0 Å². The highest BCUT2D eigenvalue weighted by atomic mass is 32.1. The normalized spacial score (nSPS) is 16.5. The van der Waals surface area contributed by atoms with Gasteiger partial charge in [-0.05, 0) is 36.8 Å². The van der Waals surface area contributed by atoms with E-state index in [0.717, 1.165) is 34.9 Å². The predicted octanol–water partition coefficient (Wildman–Crippen LogP) is 2.88. The average Bonchev–Trinajstić information content (AvgIpc) is 3.21. The van der Waals surface area contributed by atoms with Gasteiger partial charge in [-0.3, -0.25) is 4.79 Å². The Kier molecular flexibility index (Phi) is 4.06. The van der Waals surface area contributed by atoms with Crippen LogP contribution in [0, 0.1) is 6.92 Å². The molecule has 1 amide bonds. The molecule has 0 saturated heterocycles. The van der Waals surface area contributed by atoms with Crippen LogP contribution in [-0.2, 0) is 17.6 Å². The summed E-state index contributed by atoms with van der Waals surface area (Å²) in [6, 6.07) is 8.48. The molecular weight excluding hydrogens is 320 g/mol. The molecule has 0 spiro atoms. The minimum absolute atomic E-state index is 0.131. The minimum Gasteiger partial charge on any atom is -0.356 e. The first-order valence-corrected chi connectivity index (χ1v) is 9.17. The number of aryl methyl sites for hydroxylation is 2. The summed E-state index contributed by atoms with van der Waals surface area (Å²) in [6.45, 7) is 2.59. The highest BCUT2D eigenvalue weighted by Crippen LogP contribution is 2.34. The van der Waals surface area contributed by atoms with Crippen LogP contribution in [0.4, 0.5) is 0 Å². The number of nitrogens with one attached hydrogen (secondary N) is 1. The van der Waals surface area contributed by atoms with E-state index in [2.05, 4.69) is 39.7 Å². The van der Waals surface area contributed by atoms with Crippen molar-refractivity contribution in [2.24, 2.45) is 0 Å². The molecule has 2 aromatic heterocycles. The molecule has 0 radical (unpaired) electrons. The van der Waals surface area contributed by atoms with Crippen LogP contribution in [0.25, 0.3) is 4.96 Å². The molecule has 0 saturated carbocycles. The van der Waals surface area contributed by atoms with Crippen molar-refractivity contribution in [1.82, 2.24) is 19.9 Å². The summed E-state index contributed by atoms with van der Waals surface area (Å²) in [5, 5.41) is 8.39. The van der Waals surface area contributed by atoms with Crippen molar-refractivity contribution in [2.45, 2.75) is 38.5 Å². The maximum atomic E-state index is 12.2. The molecule has 0 fully saturated rings. The second-order valence-corrected chi connectivity index (χ2v) is 7.48. The van der Waals surface area contributed by atoms with Crippen molar-refractivity contribution in [3.8, 4) is 0 Å². The van der Waals surface area contributed by atoms with Gasteiger partial charge >= 0.3 is 0 Å². The Bertz CT molecular complexity index is 851. The molecule has 6 heteroatoms. The summed E-state index contributed by atoms with van der Waals surface area (Å²) in [4.78, 5) is 17.7. The highest BCUT2D eigenvalue weighted by Gasteiger charge is 2.23.